The summed E-state index contributed by atoms with van der Waals surface area (Å²) < 4.78 is 26.8. The molecule has 9 heteroatoms. The Morgan fingerprint density at radius 2 is 1.84 bits per heavy atom. The van der Waals surface area contributed by atoms with Gasteiger partial charge < -0.3 is 10.6 Å². The summed E-state index contributed by atoms with van der Waals surface area (Å²) in [7, 11) is -3.66. The second kappa shape index (κ2) is 8.64. The third-order valence-electron chi connectivity index (χ3n) is 3.92. The number of hydrogen-bond donors (Lipinski definition) is 2. The van der Waals surface area contributed by atoms with Gasteiger partial charge in [-0.1, -0.05) is 18.0 Å². The van der Waals surface area contributed by atoms with Crippen molar-refractivity contribution in [3.05, 3.63) is 28.8 Å². The summed E-state index contributed by atoms with van der Waals surface area (Å²) >= 11 is 6.03. The monoisotopic (exact) mass is 387 g/mol. The molecule has 1 heterocycles. The second-order valence-electron chi connectivity index (χ2n) is 5.74. The molecular formula is C16H22ClN3O4S. The smallest absolute Gasteiger partial charge is 0.253 e. The molecule has 0 aliphatic carbocycles. The summed E-state index contributed by atoms with van der Waals surface area (Å²) in [6.45, 7) is 2.98. The molecule has 0 unspecified atom stereocenters. The molecule has 7 nitrogen and oxygen atoms in total. The first-order chi connectivity index (χ1) is 11.9. The normalized spacial score (nSPS) is 15.6. The summed E-state index contributed by atoms with van der Waals surface area (Å²) in [5, 5.41) is 5.13. The number of benzene rings is 1. The summed E-state index contributed by atoms with van der Waals surface area (Å²) in [6.07, 6.45) is 2.67. The van der Waals surface area contributed by atoms with Crippen molar-refractivity contribution in [3.8, 4) is 0 Å². The Morgan fingerprint density at radius 3 is 2.48 bits per heavy atom. The van der Waals surface area contributed by atoms with Gasteiger partial charge in [0.15, 0.2) is 0 Å². The number of carbonyl (C=O) groups is 2. The van der Waals surface area contributed by atoms with Gasteiger partial charge in [0.25, 0.3) is 5.91 Å². The summed E-state index contributed by atoms with van der Waals surface area (Å²) in [5.41, 5.74) is 0.0315. The minimum Gasteiger partial charge on any atom is -0.355 e. The fourth-order valence-electron chi connectivity index (χ4n) is 2.61. The van der Waals surface area contributed by atoms with Crippen molar-refractivity contribution in [2.75, 3.05) is 26.2 Å². The number of carbonyl (C=O) groups excluding carboxylic acids is 2. The topological polar surface area (TPSA) is 95.6 Å². The molecule has 0 radical (unpaired) electrons. The van der Waals surface area contributed by atoms with Gasteiger partial charge in [0.1, 0.15) is 0 Å². The van der Waals surface area contributed by atoms with Crippen LogP contribution in [0.25, 0.3) is 0 Å². The maximum Gasteiger partial charge on any atom is 0.253 e. The maximum atomic E-state index is 12.7. The largest absolute Gasteiger partial charge is 0.355 e. The van der Waals surface area contributed by atoms with Crippen LogP contribution in [0.15, 0.2) is 23.1 Å². The number of sulfonamides is 1. The van der Waals surface area contributed by atoms with E-state index in [2.05, 4.69) is 10.6 Å². The lowest BCUT2D eigenvalue weighted by atomic mass is 10.2. The van der Waals surface area contributed by atoms with Gasteiger partial charge >= 0.3 is 0 Å². The number of hydrogen-bond acceptors (Lipinski definition) is 4. The Morgan fingerprint density at radius 1 is 1.16 bits per heavy atom. The zero-order chi connectivity index (χ0) is 18.4. The molecule has 1 aliphatic rings. The van der Waals surface area contributed by atoms with Gasteiger partial charge in [-0.15, -0.1) is 0 Å². The Kier molecular flexibility index (Phi) is 6.80. The molecule has 138 valence electrons. The molecule has 0 atom stereocenters. The van der Waals surface area contributed by atoms with E-state index in [0.717, 1.165) is 19.3 Å². The van der Waals surface area contributed by atoms with E-state index in [9.17, 15) is 18.0 Å². The van der Waals surface area contributed by atoms with Gasteiger partial charge in [-0.3, -0.25) is 9.59 Å². The molecule has 0 saturated carbocycles. The Hall–Kier alpha value is -1.64. The summed E-state index contributed by atoms with van der Waals surface area (Å²) in [6, 6.07) is 4.05. The second-order valence-corrected chi connectivity index (χ2v) is 8.09. The zero-order valence-electron chi connectivity index (χ0n) is 14.0. The summed E-state index contributed by atoms with van der Waals surface area (Å²) in [5.74, 6) is -0.920. The first-order valence-electron chi connectivity index (χ1n) is 8.21. The molecule has 1 saturated heterocycles. The molecule has 1 fully saturated rings. The van der Waals surface area contributed by atoms with Crippen molar-refractivity contribution in [2.45, 2.75) is 31.1 Å². The van der Waals surface area contributed by atoms with Crippen molar-refractivity contribution in [1.29, 1.82) is 0 Å². The molecule has 2 amide bonds. The zero-order valence-corrected chi connectivity index (χ0v) is 15.6. The number of likely N-dealkylation sites (N-methyl/N-ethyl adjacent to an activating group) is 1. The van der Waals surface area contributed by atoms with E-state index in [4.69, 9.17) is 11.6 Å². The van der Waals surface area contributed by atoms with Crippen LogP contribution in [0.5, 0.6) is 0 Å². The lowest BCUT2D eigenvalue weighted by molar-refractivity contribution is -0.120. The van der Waals surface area contributed by atoms with E-state index >= 15 is 0 Å². The Bertz CT molecular complexity index is 746. The molecule has 0 aromatic heterocycles. The first kappa shape index (κ1) is 19.7. The minimum atomic E-state index is -3.66. The van der Waals surface area contributed by atoms with Gasteiger partial charge in [-0.25, -0.2) is 8.42 Å². The molecule has 2 N–H and O–H groups in total. The molecular weight excluding hydrogens is 366 g/mol. The number of nitrogens with zero attached hydrogens (tertiary/aromatic N) is 1. The molecule has 1 aromatic rings. The molecule has 1 aromatic carbocycles. The first-order valence-corrected chi connectivity index (χ1v) is 10.0. The molecule has 1 aliphatic heterocycles. The molecule has 0 spiro atoms. The van der Waals surface area contributed by atoms with Crippen molar-refractivity contribution >= 4 is 33.4 Å². The summed E-state index contributed by atoms with van der Waals surface area (Å²) in [4.78, 5) is 23.7. The van der Waals surface area contributed by atoms with Crippen LogP contribution in [0.4, 0.5) is 0 Å². The van der Waals surface area contributed by atoms with Crippen molar-refractivity contribution in [3.63, 3.8) is 0 Å². The number of amides is 2. The van der Waals surface area contributed by atoms with Crippen LogP contribution in [0.1, 0.15) is 36.5 Å². The highest BCUT2D eigenvalue weighted by Gasteiger charge is 2.27. The number of rotatable bonds is 6. The lowest BCUT2D eigenvalue weighted by Crippen LogP contribution is -2.37. The Labute approximate surface area is 152 Å². The van der Waals surface area contributed by atoms with E-state index in [1.807, 2.05) is 0 Å². The number of nitrogens with one attached hydrogen (secondary N) is 2. The van der Waals surface area contributed by atoms with Crippen LogP contribution in [0.2, 0.25) is 5.02 Å². The van der Waals surface area contributed by atoms with E-state index < -0.39 is 15.9 Å². The quantitative estimate of drug-likeness (QED) is 0.770. The van der Waals surface area contributed by atoms with Crippen LogP contribution in [-0.4, -0.2) is 50.7 Å². The fraction of sp³-hybridized carbons (Fsp3) is 0.500. The van der Waals surface area contributed by atoms with Gasteiger partial charge in [0.2, 0.25) is 15.9 Å². The third-order valence-corrected chi connectivity index (χ3v) is 6.14. The van der Waals surface area contributed by atoms with E-state index in [-0.39, 0.29) is 27.9 Å². The highest BCUT2D eigenvalue weighted by atomic mass is 35.5. The van der Waals surface area contributed by atoms with Crippen LogP contribution in [-0.2, 0) is 14.8 Å². The van der Waals surface area contributed by atoms with Crippen molar-refractivity contribution < 1.29 is 18.0 Å². The average molecular weight is 388 g/mol. The lowest BCUT2D eigenvalue weighted by Gasteiger charge is -2.26. The molecule has 0 bridgehead atoms. The average Bonchev–Trinajstić information content (AvgIpc) is 2.61. The van der Waals surface area contributed by atoms with Crippen molar-refractivity contribution in [1.82, 2.24) is 14.9 Å². The van der Waals surface area contributed by atoms with E-state index in [1.165, 1.54) is 22.5 Å². The fourth-order valence-corrected chi connectivity index (χ4v) is 4.36. The minimum absolute atomic E-state index is 0.0296. The van der Waals surface area contributed by atoms with Crippen LogP contribution >= 0.6 is 11.6 Å². The number of halogens is 1. The number of piperidine rings is 1. The molecule has 2 rings (SSSR count). The van der Waals surface area contributed by atoms with Crippen LogP contribution < -0.4 is 10.6 Å². The predicted molar refractivity (Wildman–Crippen MR) is 95.1 cm³/mol. The maximum absolute atomic E-state index is 12.7. The van der Waals surface area contributed by atoms with Gasteiger partial charge in [-0.2, -0.15) is 4.31 Å². The van der Waals surface area contributed by atoms with Gasteiger partial charge in [0, 0.05) is 19.6 Å². The van der Waals surface area contributed by atoms with Crippen LogP contribution in [0.3, 0.4) is 0 Å². The van der Waals surface area contributed by atoms with Gasteiger partial charge in [0.05, 0.1) is 22.0 Å². The van der Waals surface area contributed by atoms with E-state index in [0.29, 0.717) is 19.6 Å². The highest BCUT2D eigenvalue weighted by Crippen LogP contribution is 2.25. The molecule has 25 heavy (non-hydrogen) atoms. The standard InChI is InChI=1S/C16H22ClN3O4S/c1-2-18-15(21)11-19-16(22)13-10-12(6-7-14(13)17)25(23,24)20-8-4-3-5-9-20/h6-7,10H,2-5,8-9,11H2,1H3,(H,18,21)(H,19,22). The third kappa shape index (κ3) is 4.93. The predicted octanol–water partition coefficient (Wildman–Crippen LogP) is 1.38. The van der Waals surface area contributed by atoms with E-state index in [1.54, 1.807) is 6.92 Å². The Balaban J connectivity index is 2.19. The SMILES string of the molecule is CCNC(=O)CNC(=O)c1cc(S(=O)(=O)N2CCCCC2)ccc1Cl. The van der Waals surface area contributed by atoms with Crippen LogP contribution in [0, 0.1) is 0 Å². The highest BCUT2D eigenvalue weighted by molar-refractivity contribution is 7.89. The van der Waals surface area contributed by atoms with Gasteiger partial charge in [-0.05, 0) is 38.0 Å². The van der Waals surface area contributed by atoms with Crippen molar-refractivity contribution in [2.24, 2.45) is 0 Å².